The van der Waals surface area contributed by atoms with Crippen molar-refractivity contribution in [3.8, 4) is 27.0 Å². The van der Waals surface area contributed by atoms with Crippen molar-refractivity contribution in [2.75, 3.05) is 5.73 Å². The number of hydrogen-bond donors (Lipinski definition) is 1. The molecule has 0 atom stereocenters. The standard InChI is InChI=1S/C14H10N4S2/c1-8-18-7-11(19-8)14-12(9-2-4-17-5-3-9)13(16)10(6-15)20-14/h2-5,7H,16H2,1H3. The van der Waals surface area contributed by atoms with Gasteiger partial charge in [-0.05, 0) is 24.6 Å². The number of nitrogens with two attached hydrogens (primary N) is 1. The zero-order chi connectivity index (χ0) is 14.1. The van der Waals surface area contributed by atoms with E-state index in [2.05, 4.69) is 16.0 Å². The minimum Gasteiger partial charge on any atom is -0.396 e. The van der Waals surface area contributed by atoms with Crippen LogP contribution in [0.4, 0.5) is 5.69 Å². The number of anilines is 1. The van der Waals surface area contributed by atoms with Gasteiger partial charge in [0.05, 0.1) is 20.4 Å². The van der Waals surface area contributed by atoms with Gasteiger partial charge in [-0.3, -0.25) is 4.98 Å². The number of aromatic nitrogens is 2. The van der Waals surface area contributed by atoms with Crippen molar-refractivity contribution in [3.05, 3.63) is 40.6 Å². The number of aryl methyl sites for hydroxylation is 1. The third-order valence-corrected chi connectivity index (χ3v) is 5.06. The molecule has 3 heterocycles. The third-order valence-electron chi connectivity index (χ3n) is 2.86. The molecule has 0 saturated heterocycles. The van der Waals surface area contributed by atoms with Gasteiger partial charge in [0.1, 0.15) is 10.9 Å². The number of nitriles is 1. The Morgan fingerprint density at radius 1 is 1.25 bits per heavy atom. The van der Waals surface area contributed by atoms with Crippen LogP contribution < -0.4 is 5.73 Å². The highest BCUT2D eigenvalue weighted by atomic mass is 32.1. The molecule has 0 radical (unpaired) electrons. The number of thiazole rings is 1. The molecule has 0 aliphatic rings. The van der Waals surface area contributed by atoms with Crippen LogP contribution in [0.1, 0.15) is 9.88 Å². The van der Waals surface area contributed by atoms with Crippen molar-refractivity contribution < 1.29 is 0 Å². The van der Waals surface area contributed by atoms with E-state index in [1.54, 1.807) is 23.7 Å². The zero-order valence-electron chi connectivity index (χ0n) is 10.6. The predicted molar refractivity (Wildman–Crippen MR) is 82.5 cm³/mol. The first-order chi connectivity index (χ1) is 9.70. The summed E-state index contributed by atoms with van der Waals surface area (Å²) in [6, 6.07) is 5.96. The number of thiophene rings is 1. The summed E-state index contributed by atoms with van der Waals surface area (Å²) < 4.78 is 0. The van der Waals surface area contributed by atoms with E-state index in [0.29, 0.717) is 10.6 Å². The first kappa shape index (κ1) is 12.8. The number of nitrogens with zero attached hydrogens (tertiary/aromatic N) is 3. The molecule has 0 spiro atoms. The minimum absolute atomic E-state index is 0.532. The van der Waals surface area contributed by atoms with Gasteiger partial charge in [0, 0.05) is 24.2 Å². The Balaban J connectivity index is 2.28. The maximum atomic E-state index is 9.21. The molecular formula is C14H10N4S2. The van der Waals surface area contributed by atoms with Gasteiger partial charge in [0.15, 0.2) is 0 Å². The van der Waals surface area contributed by atoms with Gasteiger partial charge in [-0.15, -0.1) is 22.7 Å². The van der Waals surface area contributed by atoms with Crippen LogP contribution in [0.2, 0.25) is 0 Å². The molecule has 6 heteroatoms. The maximum absolute atomic E-state index is 9.21. The SMILES string of the molecule is Cc1ncc(-c2sc(C#N)c(N)c2-c2ccncc2)s1. The largest absolute Gasteiger partial charge is 0.396 e. The van der Waals surface area contributed by atoms with Crippen molar-refractivity contribution in [2.45, 2.75) is 6.92 Å². The molecule has 0 bridgehead atoms. The highest BCUT2D eigenvalue weighted by molar-refractivity contribution is 7.23. The molecule has 20 heavy (non-hydrogen) atoms. The molecule has 4 nitrogen and oxygen atoms in total. The quantitative estimate of drug-likeness (QED) is 0.782. The van der Waals surface area contributed by atoms with E-state index < -0.39 is 0 Å². The fourth-order valence-corrected chi connectivity index (χ4v) is 3.89. The normalized spacial score (nSPS) is 10.4. The lowest BCUT2D eigenvalue weighted by molar-refractivity contribution is 1.30. The van der Waals surface area contributed by atoms with Gasteiger partial charge < -0.3 is 5.73 Å². The molecule has 0 aromatic carbocycles. The fraction of sp³-hybridized carbons (Fsp3) is 0.0714. The van der Waals surface area contributed by atoms with Gasteiger partial charge in [-0.2, -0.15) is 5.26 Å². The molecule has 0 saturated carbocycles. The van der Waals surface area contributed by atoms with Gasteiger partial charge >= 0.3 is 0 Å². The predicted octanol–water partition coefficient (Wildman–Crippen LogP) is 3.70. The summed E-state index contributed by atoms with van der Waals surface area (Å²) in [5.41, 5.74) is 8.54. The van der Waals surface area contributed by atoms with Gasteiger partial charge in [-0.1, -0.05) is 0 Å². The summed E-state index contributed by atoms with van der Waals surface area (Å²) in [5, 5.41) is 10.2. The van der Waals surface area contributed by atoms with Crippen molar-refractivity contribution >= 4 is 28.4 Å². The van der Waals surface area contributed by atoms with Crippen LogP contribution in [0.3, 0.4) is 0 Å². The van der Waals surface area contributed by atoms with E-state index >= 15 is 0 Å². The first-order valence-corrected chi connectivity index (χ1v) is 7.49. The third kappa shape index (κ3) is 2.07. The van der Waals surface area contributed by atoms with Crippen molar-refractivity contribution in [3.63, 3.8) is 0 Å². The highest BCUT2D eigenvalue weighted by Crippen LogP contribution is 2.46. The Bertz CT molecular complexity index is 796. The summed E-state index contributed by atoms with van der Waals surface area (Å²) in [7, 11) is 0. The molecule has 0 aliphatic carbocycles. The molecule has 2 N–H and O–H groups in total. The first-order valence-electron chi connectivity index (χ1n) is 5.86. The van der Waals surface area contributed by atoms with E-state index in [9.17, 15) is 5.26 Å². The molecule has 98 valence electrons. The monoisotopic (exact) mass is 298 g/mol. The zero-order valence-corrected chi connectivity index (χ0v) is 12.3. The van der Waals surface area contributed by atoms with E-state index in [0.717, 1.165) is 25.9 Å². The van der Waals surface area contributed by atoms with Crippen LogP contribution >= 0.6 is 22.7 Å². The van der Waals surface area contributed by atoms with Crippen LogP contribution in [-0.4, -0.2) is 9.97 Å². The molecule has 3 rings (SSSR count). The Kier molecular flexibility index (Phi) is 3.22. The lowest BCUT2D eigenvalue weighted by Gasteiger charge is -2.03. The van der Waals surface area contributed by atoms with E-state index in [1.807, 2.05) is 25.3 Å². The Labute approximate surface area is 124 Å². The Morgan fingerprint density at radius 2 is 2.00 bits per heavy atom. The average molecular weight is 298 g/mol. The summed E-state index contributed by atoms with van der Waals surface area (Å²) >= 11 is 3.01. The molecule has 0 aliphatic heterocycles. The van der Waals surface area contributed by atoms with Crippen molar-refractivity contribution in [1.82, 2.24) is 9.97 Å². The van der Waals surface area contributed by atoms with Gasteiger partial charge in [0.2, 0.25) is 0 Å². The highest BCUT2D eigenvalue weighted by Gasteiger charge is 2.20. The topological polar surface area (TPSA) is 75.6 Å². The molecule has 3 aromatic rings. The molecule has 0 unspecified atom stereocenters. The lowest BCUT2D eigenvalue weighted by atomic mass is 10.1. The molecular weight excluding hydrogens is 288 g/mol. The smallest absolute Gasteiger partial charge is 0.129 e. The maximum Gasteiger partial charge on any atom is 0.129 e. The van der Waals surface area contributed by atoms with Gasteiger partial charge in [-0.25, -0.2) is 4.98 Å². The summed E-state index contributed by atoms with van der Waals surface area (Å²) in [6.45, 7) is 1.96. The van der Waals surface area contributed by atoms with E-state index in [4.69, 9.17) is 5.73 Å². The van der Waals surface area contributed by atoms with E-state index in [1.165, 1.54) is 11.3 Å². The van der Waals surface area contributed by atoms with Crippen LogP contribution in [-0.2, 0) is 0 Å². The summed E-state index contributed by atoms with van der Waals surface area (Å²) in [4.78, 5) is 10.9. The molecule has 0 amide bonds. The summed E-state index contributed by atoms with van der Waals surface area (Å²) in [6.07, 6.45) is 5.28. The second kappa shape index (κ2) is 5.04. The fourth-order valence-electron chi connectivity index (χ4n) is 1.97. The summed E-state index contributed by atoms with van der Waals surface area (Å²) in [5.74, 6) is 0. The average Bonchev–Trinajstić information content (AvgIpc) is 3.03. The minimum atomic E-state index is 0.532. The Hall–Kier alpha value is -2.23. The van der Waals surface area contributed by atoms with E-state index in [-0.39, 0.29) is 0 Å². The number of hydrogen-bond acceptors (Lipinski definition) is 6. The van der Waals surface area contributed by atoms with Gasteiger partial charge in [0.25, 0.3) is 0 Å². The van der Waals surface area contributed by atoms with Crippen LogP contribution in [0.5, 0.6) is 0 Å². The number of rotatable bonds is 2. The van der Waals surface area contributed by atoms with Crippen LogP contribution in [0.25, 0.3) is 20.9 Å². The number of nitrogen functional groups attached to an aromatic ring is 1. The van der Waals surface area contributed by atoms with Crippen molar-refractivity contribution in [2.24, 2.45) is 0 Å². The Morgan fingerprint density at radius 3 is 2.60 bits per heavy atom. The number of pyridine rings is 1. The molecule has 3 aromatic heterocycles. The second-order valence-electron chi connectivity index (χ2n) is 4.14. The lowest BCUT2D eigenvalue weighted by Crippen LogP contribution is -1.89. The van der Waals surface area contributed by atoms with Crippen LogP contribution in [0, 0.1) is 18.3 Å². The second-order valence-corrected chi connectivity index (χ2v) is 6.40. The van der Waals surface area contributed by atoms with Crippen LogP contribution in [0.15, 0.2) is 30.7 Å². The van der Waals surface area contributed by atoms with Crippen molar-refractivity contribution in [1.29, 1.82) is 5.26 Å². The molecule has 0 fully saturated rings.